The molecule has 2 rings (SSSR count). The minimum atomic E-state index is 0.298. The van der Waals surface area contributed by atoms with Gasteiger partial charge in [-0.2, -0.15) is 0 Å². The van der Waals surface area contributed by atoms with Crippen LogP contribution in [0.15, 0.2) is 23.5 Å². The van der Waals surface area contributed by atoms with Crippen molar-refractivity contribution in [3.8, 4) is 0 Å². The number of piperidine rings is 1. The molecule has 22 heavy (non-hydrogen) atoms. The minimum Gasteiger partial charge on any atom is -0.497 e. The van der Waals surface area contributed by atoms with E-state index in [4.69, 9.17) is 4.74 Å². The van der Waals surface area contributed by atoms with E-state index >= 15 is 0 Å². The van der Waals surface area contributed by atoms with E-state index in [0.29, 0.717) is 11.3 Å². The number of nitrogens with zero attached hydrogens (tertiary/aromatic N) is 1. The fourth-order valence-electron chi connectivity index (χ4n) is 3.44. The first-order valence-electron chi connectivity index (χ1n) is 9.15. The third-order valence-electron chi connectivity index (χ3n) is 5.82. The van der Waals surface area contributed by atoms with Crippen molar-refractivity contribution >= 4 is 0 Å². The standard InChI is InChI=1S/C20H35NO/c1-16(2)20(4,5)18-8-10-19(11-9-18)22-14-13-21-12-6-7-17(3)15-21/h8,10,16-17H,6-7,9,11-15H2,1-5H3. The highest BCUT2D eigenvalue weighted by Gasteiger charge is 2.28. The lowest BCUT2D eigenvalue weighted by molar-refractivity contribution is 0.120. The van der Waals surface area contributed by atoms with Crippen LogP contribution in [0.5, 0.6) is 0 Å². The molecule has 0 saturated carbocycles. The first kappa shape index (κ1) is 17.6. The first-order valence-corrected chi connectivity index (χ1v) is 9.15. The van der Waals surface area contributed by atoms with E-state index in [-0.39, 0.29) is 0 Å². The number of ether oxygens (including phenoxy) is 1. The zero-order chi connectivity index (χ0) is 16.2. The van der Waals surface area contributed by atoms with Crippen molar-refractivity contribution in [2.45, 2.75) is 60.3 Å². The molecule has 1 saturated heterocycles. The fourth-order valence-corrected chi connectivity index (χ4v) is 3.44. The molecule has 1 aliphatic carbocycles. The topological polar surface area (TPSA) is 12.5 Å². The summed E-state index contributed by atoms with van der Waals surface area (Å²) >= 11 is 0. The van der Waals surface area contributed by atoms with E-state index in [2.05, 4.69) is 51.7 Å². The van der Waals surface area contributed by atoms with Gasteiger partial charge in [-0.15, -0.1) is 0 Å². The Labute approximate surface area is 137 Å². The molecule has 1 aliphatic heterocycles. The number of likely N-dealkylation sites (tertiary alicyclic amines) is 1. The van der Waals surface area contributed by atoms with E-state index in [0.717, 1.165) is 31.9 Å². The Morgan fingerprint density at radius 2 is 2.05 bits per heavy atom. The van der Waals surface area contributed by atoms with Crippen molar-refractivity contribution in [1.29, 1.82) is 0 Å². The van der Waals surface area contributed by atoms with Crippen LogP contribution in [0.2, 0.25) is 0 Å². The van der Waals surface area contributed by atoms with Gasteiger partial charge in [0.2, 0.25) is 0 Å². The maximum atomic E-state index is 6.02. The van der Waals surface area contributed by atoms with Gasteiger partial charge in [0.25, 0.3) is 0 Å². The molecule has 0 aromatic rings. The molecule has 1 atom stereocenters. The van der Waals surface area contributed by atoms with Crippen molar-refractivity contribution in [3.63, 3.8) is 0 Å². The third kappa shape index (κ3) is 4.62. The van der Waals surface area contributed by atoms with Crippen LogP contribution in [0.3, 0.4) is 0 Å². The van der Waals surface area contributed by atoms with Gasteiger partial charge in [0.05, 0.1) is 5.76 Å². The molecule has 2 aliphatic rings. The number of hydrogen-bond acceptors (Lipinski definition) is 2. The molecule has 0 N–H and O–H groups in total. The molecule has 0 aromatic carbocycles. The Kier molecular flexibility index (Phi) is 6.14. The van der Waals surface area contributed by atoms with Crippen molar-refractivity contribution in [3.05, 3.63) is 23.5 Å². The average Bonchev–Trinajstić information content (AvgIpc) is 2.48. The molecule has 0 aromatic heterocycles. The highest BCUT2D eigenvalue weighted by atomic mass is 16.5. The lowest BCUT2D eigenvalue weighted by Crippen LogP contribution is -2.36. The van der Waals surface area contributed by atoms with Gasteiger partial charge in [0, 0.05) is 19.5 Å². The van der Waals surface area contributed by atoms with E-state index < -0.39 is 0 Å². The molecule has 0 amide bonds. The van der Waals surface area contributed by atoms with Gasteiger partial charge in [-0.25, -0.2) is 0 Å². The molecule has 1 fully saturated rings. The van der Waals surface area contributed by atoms with Crippen molar-refractivity contribution < 1.29 is 4.74 Å². The molecule has 2 heteroatoms. The second kappa shape index (κ2) is 7.68. The molecule has 1 unspecified atom stereocenters. The molecule has 0 spiro atoms. The zero-order valence-electron chi connectivity index (χ0n) is 15.3. The second-order valence-corrected chi connectivity index (χ2v) is 8.10. The average molecular weight is 306 g/mol. The molecule has 0 bridgehead atoms. The lowest BCUT2D eigenvalue weighted by atomic mass is 9.72. The van der Waals surface area contributed by atoms with Crippen LogP contribution in [0, 0.1) is 17.3 Å². The smallest absolute Gasteiger partial charge is 0.100 e. The Morgan fingerprint density at radius 1 is 1.27 bits per heavy atom. The molecular formula is C20H35NO. The quantitative estimate of drug-likeness (QED) is 0.683. The van der Waals surface area contributed by atoms with Gasteiger partial charge in [-0.05, 0) is 49.1 Å². The minimum absolute atomic E-state index is 0.298. The Bertz CT molecular complexity index is 419. The summed E-state index contributed by atoms with van der Waals surface area (Å²) in [4.78, 5) is 2.56. The maximum Gasteiger partial charge on any atom is 0.100 e. The number of hydrogen-bond donors (Lipinski definition) is 0. The highest BCUT2D eigenvalue weighted by molar-refractivity contribution is 5.26. The van der Waals surface area contributed by atoms with Crippen molar-refractivity contribution in [1.82, 2.24) is 4.90 Å². The summed E-state index contributed by atoms with van der Waals surface area (Å²) in [6, 6.07) is 0. The van der Waals surface area contributed by atoms with Gasteiger partial charge >= 0.3 is 0 Å². The second-order valence-electron chi connectivity index (χ2n) is 8.10. The number of rotatable bonds is 6. The summed E-state index contributed by atoms with van der Waals surface area (Å²) in [6.07, 6.45) is 9.47. The summed E-state index contributed by atoms with van der Waals surface area (Å²) in [7, 11) is 0. The summed E-state index contributed by atoms with van der Waals surface area (Å²) in [5, 5.41) is 0. The summed E-state index contributed by atoms with van der Waals surface area (Å²) in [6.45, 7) is 16.1. The van der Waals surface area contributed by atoms with Crippen LogP contribution in [-0.4, -0.2) is 31.1 Å². The van der Waals surface area contributed by atoms with Crippen LogP contribution >= 0.6 is 0 Å². The fraction of sp³-hybridized carbons (Fsp3) is 0.800. The van der Waals surface area contributed by atoms with Gasteiger partial charge in [0.15, 0.2) is 0 Å². The van der Waals surface area contributed by atoms with E-state index in [1.54, 1.807) is 5.57 Å². The van der Waals surface area contributed by atoms with E-state index in [9.17, 15) is 0 Å². The SMILES string of the molecule is CC1CCCN(CCOC2=CC=C(C(C)(C)C(C)C)CC2)C1. The summed E-state index contributed by atoms with van der Waals surface area (Å²) in [5.41, 5.74) is 1.87. The predicted molar refractivity (Wildman–Crippen MR) is 94.8 cm³/mol. The lowest BCUT2D eigenvalue weighted by Gasteiger charge is -2.34. The molecular weight excluding hydrogens is 270 g/mol. The molecule has 2 nitrogen and oxygen atoms in total. The predicted octanol–water partition coefficient (Wildman–Crippen LogP) is 5.02. The summed E-state index contributed by atoms with van der Waals surface area (Å²) in [5.74, 6) is 2.70. The van der Waals surface area contributed by atoms with Gasteiger partial charge in [-0.1, -0.05) is 46.3 Å². The van der Waals surface area contributed by atoms with Gasteiger partial charge in [0.1, 0.15) is 6.61 Å². The van der Waals surface area contributed by atoms with Gasteiger partial charge in [-0.3, -0.25) is 4.90 Å². The van der Waals surface area contributed by atoms with E-state index in [1.165, 1.54) is 31.7 Å². The molecule has 1 heterocycles. The zero-order valence-corrected chi connectivity index (χ0v) is 15.3. The molecule has 0 radical (unpaired) electrons. The Balaban J connectivity index is 1.78. The maximum absolute atomic E-state index is 6.02. The van der Waals surface area contributed by atoms with Crippen LogP contribution < -0.4 is 0 Å². The van der Waals surface area contributed by atoms with Gasteiger partial charge < -0.3 is 4.74 Å². The van der Waals surface area contributed by atoms with Crippen LogP contribution in [0.1, 0.15) is 60.3 Å². The Morgan fingerprint density at radius 3 is 2.64 bits per heavy atom. The van der Waals surface area contributed by atoms with Crippen LogP contribution in [0.25, 0.3) is 0 Å². The summed E-state index contributed by atoms with van der Waals surface area (Å²) < 4.78 is 6.02. The third-order valence-corrected chi connectivity index (χ3v) is 5.82. The van der Waals surface area contributed by atoms with Crippen LogP contribution in [0.4, 0.5) is 0 Å². The van der Waals surface area contributed by atoms with Crippen molar-refractivity contribution in [2.24, 2.45) is 17.3 Å². The van der Waals surface area contributed by atoms with E-state index in [1.807, 2.05) is 0 Å². The van der Waals surface area contributed by atoms with Crippen LogP contribution in [-0.2, 0) is 4.74 Å². The largest absolute Gasteiger partial charge is 0.497 e. The number of allylic oxidation sites excluding steroid dienone is 4. The van der Waals surface area contributed by atoms with Crippen molar-refractivity contribution in [2.75, 3.05) is 26.2 Å². The Hall–Kier alpha value is -0.760. The first-order chi connectivity index (χ1) is 10.4. The highest BCUT2D eigenvalue weighted by Crippen LogP contribution is 2.39. The normalized spacial score (nSPS) is 24.2. The molecule has 126 valence electrons. The monoisotopic (exact) mass is 305 g/mol.